The van der Waals surface area contributed by atoms with E-state index < -0.39 is 5.97 Å². The lowest BCUT2D eigenvalue weighted by atomic mass is 9.72. The second-order valence-corrected chi connectivity index (χ2v) is 6.63. The van der Waals surface area contributed by atoms with Crippen molar-refractivity contribution in [3.05, 3.63) is 0 Å². The zero-order chi connectivity index (χ0) is 14.0. The maximum atomic E-state index is 11.4. The van der Waals surface area contributed by atoms with Crippen LogP contribution in [0.3, 0.4) is 0 Å². The number of nitrogens with zero attached hydrogens (tertiary/aromatic N) is 1. The summed E-state index contributed by atoms with van der Waals surface area (Å²) in [5.41, 5.74) is 0.278. The molecule has 110 valence electrons. The molecule has 3 atom stereocenters. The van der Waals surface area contributed by atoms with Crippen molar-refractivity contribution in [3.8, 4) is 0 Å². The van der Waals surface area contributed by atoms with Crippen molar-refractivity contribution < 1.29 is 14.6 Å². The average Bonchev–Trinajstić information content (AvgIpc) is 2.81. The van der Waals surface area contributed by atoms with Crippen LogP contribution in [-0.2, 0) is 9.53 Å². The fraction of sp³-hybridized carbons (Fsp3) is 0.933. The van der Waals surface area contributed by atoms with Gasteiger partial charge in [-0.25, -0.2) is 0 Å². The molecular weight excluding hydrogens is 242 g/mol. The molecule has 1 aliphatic carbocycles. The number of hydrogen-bond donors (Lipinski definition) is 1. The van der Waals surface area contributed by atoms with Crippen LogP contribution in [0.5, 0.6) is 0 Å². The van der Waals surface area contributed by atoms with Crippen LogP contribution in [0.15, 0.2) is 0 Å². The molecule has 3 unspecified atom stereocenters. The van der Waals surface area contributed by atoms with Crippen LogP contribution in [-0.4, -0.2) is 47.8 Å². The summed E-state index contributed by atoms with van der Waals surface area (Å²) >= 11 is 0. The molecule has 1 heterocycles. The van der Waals surface area contributed by atoms with Gasteiger partial charge in [-0.2, -0.15) is 0 Å². The predicted molar refractivity (Wildman–Crippen MR) is 74.1 cm³/mol. The van der Waals surface area contributed by atoms with Gasteiger partial charge in [-0.1, -0.05) is 33.6 Å². The maximum Gasteiger partial charge on any atom is 0.310 e. The normalized spacial score (nSPS) is 34.6. The van der Waals surface area contributed by atoms with E-state index in [-0.39, 0.29) is 17.4 Å². The van der Waals surface area contributed by atoms with Gasteiger partial charge < -0.3 is 9.84 Å². The molecule has 4 heteroatoms. The number of carboxylic acids is 1. The second-order valence-electron chi connectivity index (χ2n) is 6.63. The summed E-state index contributed by atoms with van der Waals surface area (Å²) in [6.45, 7) is 8.63. The molecule has 0 aromatic heterocycles. The maximum absolute atomic E-state index is 11.4. The van der Waals surface area contributed by atoms with Crippen molar-refractivity contribution in [2.24, 2.45) is 11.3 Å². The quantitative estimate of drug-likeness (QED) is 0.851. The number of rotatable bonds is 4. The van der Waals surface area contributed by atoms with E-state index in [9.17, 15) is 9.90 Å². The molecule has 0 aromatic carbocycles. The van der Waals surface area contributed by atoms with E-state index in [4.69, 9.17) is 4.74 Å². The van der Waals surface area contributed by atoms with Gasteiger partial charge in [0.15, 0.2) is 0 Å². The molecular formula is C15H27NO3. The Morgan fingerprint density at radius 3 is 2.68 bits per heavy atom. The molecule has 1 saturated heterocycles. The molecule has 1 N–H and O–H groups in total. The number of ether oxygens (including phenoxy) is 1. The lowest BCUT2D eigenvalue weighted by molar-refractivity contribution is -0.144. The van der Waals surface area contributed by atoms with Gasteiger partial charge in [-0.05, 0) is 24.8 Å². The van der Waals surface area contributed by atoms with E-state index in [2.05, 4.69) is 25.7 Å². The third kappa shape index (κ3) is 2.95. The minimum absolute atomic E-state index is 0.0462. The van der Waals surface area contributed by atoms with E-state index >= 15 is 0 Å². The lowest BCUT2D eigenvalue weighted by Crippen LogP contribution is -2.54. The lowest BCUT2D eigenvalue weighted by Gasteiger charge is -2.47. The van der Waals surface area contributed by atoms with Gasteiger partial charge in [0, 0.05) is 12.1 Å². The van der Waals surface area contributed by atoms with Crippen molar-refractivity contribution in [2.75, 3.05) is 19.8 Å². The van der Waals surface area contributed by atoms with Gasteiger partial charge in [-0.3, -0.25) is 9.69 Å². The smallest absolute Gasteiger partial charge is 0.310 e. The number of carbonyl (C=O) groups is 1. The van der Waals surface area contributed by atoms with Gasteiger partial charge in [-0.15, -0.1) is 0 Å². The summed E-state index contributed by atoms with van der Waals surface area (Å²) < 4.78 is 5.45. The molecule has 1 saturated carbocycles. The van der Waals surface area contributed by atoms with Crippen molar-refractivity contribution in [2.45, 2.75) is 58.5 Å². The largest absolute Gasteiger partial charge is 0.481 e. The minimum Gasteiger partial charge on any atom is -0.481 e. The van der Waals surface area contributed by atoms with Crippen LogP contribution in [0.2, 0.25) is 0 Å². The van der Waals surface area contributed by atoms with Crippen molar-refractivity contribution >= 4 is 5.97 Å². The summed E-state index contributed by atoms with van der Waals surface area (Å²) in [5, 5.41) is 9.35. The first-order chi connectivity index (χ1) is 8.97. The molecule has 0 radical (unpaired) electrons. The molecule has 19 heavy (non-hydrogen) atoms. The first kappa shape index (κ1) is 14.8. The van der Waals surface area contributed by atoms with Crippen LogP contribution < -0.4 is 0 Å². The summed E-state index contributed by atoms with van der Waals surface area (Å²) in [7, 11) is 0. The van der Waals surface area contributed by atoms with Crippen LogP contribution >= 0.6 is 0 Å². The molecule has 4 nitrogen and oxygen atoms in total. The summed E-state index contributed by atoms with van der Waals surface area (Å²) in [4.78, 5) is 13.8. The van der Waals surface area contributed by atoms with E-state index in [1.54, 1.807) is 0 Å². The molecule has 2 rings (SSSR count). The average molecular weight is 269 g/mol. The van der Waals surface area contributed by atoms with E-state index in [0.717, 1.165) is 6.54 Å². The minimum atomic E-state index is -0.713. The molecule has 0 amide bonds. The highest BCUT2D eigenvalue weighted by Crippen LogP contribution is 2.40. The van der Waals surface area contributed by atoms with Crippen LogP contribution in [0.25, 0.3) is 0 Å². The van der Waals surface area contributed by atoms with Gasteiger partial charge >= 0.3 is 5.97 Å². The fourth-order valence-corrected chi connectivity index (χ4v) is 3.88. The highest BCUT2D eigenvalue weighted by molar-refractivity contribution is 5.71. The number of carboxylic acid groups (broad SMARTS) is 1. The first-order valence-electron chi connectivity index (χ1n) is 7.53. The van der Waals surface area contributed by atoms with E-state index in [1.807, 2.05) is 0 Å². The highest BCUT2D eigenvalue weighted by Gasteiger charge is 2.44. The second kappa shape index (κ2) is 5.80. The first-order valence-corrected chi connectivity index (χ1v) is 7.53. The summed E-state index contributed by atoms with van der Waals surface area (Å²) in [5.74, 6) is -1.08. The van der Waals surface area contributed by atoms with Crippen LogP contribution in [0, 0.1) is 11.3 Å². The monoisotopic (exact) mass is 269 g/mol. The molecule has 2 aliphatic rings. The zero-order valence-electron chi connectivity index (χ0n) is 12.4. The number of likely N-dealkylation sites (N-methyl/N-ethyl adjacent to an activating group) is 1. The van der Waals surface area contributed by atoms with E-state index in [0.29, 0.717) is 19.3 Å². The Morgan fingerprint density at radius 1 is 1.37 bits per heavy atom. The van der Waals surface area contributed by atoms with Gasteiger partial charge in [0.2, 0.25) is 0 Å². The molecule has 1 aliphatic heterocycles. The van der Waals surface area contributed by atoms with Gasteiger partial charge in [0.05, 0.1) is 19.1 Å². The molecule has 2 fully saturated rings. The third-order valence-electron chi connectivity index (χ3n) is 5.01. The number of hydrogen-bond acceptors (Lipinski definition) is 3. The van der Waals surface area contributed by atoms with Crippen LogP contribution in [0.4, 0.5) is 0 Å². The Labute approximate surface area is 116 Å². The summed E-state index contributed by atoms with van der Waals surface area (Å²) in [6.07, 6.45) is 4.98. The van der Waals surface area contributed by atoms with Gasteiger partial charge in [0.1, 0.15) is 0 Å². The fourth-order valence-electron chi connectivity index (χ4n) is 3.88. The van der Waals surface area contributed by atoms with Crippen molar-refractivity contribution in [3.63, 3.8) is 0 Å². The highest BCUT2D eigenvalue weighted by atomic mass is 16.5. The standard InChI is InChI=1S/C15H27NO3/c1-4-16(12-10-19-9-11(12)14(17)18)13-7-5-6-8-15(13,2)3/h11-13H,4-10H2,1-3H3,(H,17,18). The van der Waals surface area contributed by atoms with E-state index in [1.165, 1.54) is 25.7 Å². The zero-order valence-corrected chi connectivity index (χ0v) is 12.4. The molecule has 0 aromatic rings. The molecule has 0 spiro atoms. The Hall–Kier alpha value is -0.610. The Kier molecular flexibility index (Phi) is 4.51. The number of aliphatic carboxylic acids is 1. The van der Waals surface area contributed by atoms with Gasteiger partial charge in [0.25, 0.3) is 0 Å². The SMILES string of the molecule is CCN(C1COCC1C(=O)O)C1CCCCC1(C)C. The molecule has 0 bridgehead atoms. The summed E-state index contributed by atoms with van der Waals surface area (Å²) in [6, 6.07) is 0.532. The van der Waals surface area contributed by atoms with Crippen molar-refractivity contribution in [1.82, 2.24) is 4.90 Å². The third-order valence-corrected chi connectivity index (χ3v) is 5.01. The topological polar surface area (TPSA) is 49.8 Å². The van der Waals surface area contributed by atoms with Crippen LogP contribution in [0.1, 0.15) is 46.5 Å². The predicted octanol–water partition coefficient (Wildman–Crippen LogP) is 2.38. The Bertz CT molecular complexity index is 329. The van der Waals surface area contributed by atoms with Crippen molar-refractivity contribution in [1.29, 1.82) is 0 Å². The Morgan fingerprint density at radius 2 is 2.11 bits per heavy atom. The Balaban J connectivity index is 2.16.